The number of amides is 2. The summed E-state index contributed by atoms with van der Waals surface area (Å²) in [5.41, 5.74) is 1.92. The summed E-state index contributed by atoms with van der Waals surface area (Å²) in [5, 5.41) is 3.58. The minimum Gasteiger partial charge on any atom is -0.494 e. The Morgan fingerprint density at radius 3 is 2.73 bits per heavy atom. The van der Waals surface area contributed by atoms with Crippen LogP contribution in [0, 0.1) is 0 Å². The van der Waals surface area contributed by atoms with E-state index in [4.69, 9.17) is 9.47 Å². The summed E-state index contributed by atoms with van der Waals surface area (Å²) in [6.07, 6.45) is 0. The standard InChI is InChI=1S/C17H22N4O3S2/c1-23-13-3-2-12(20-4-8-24-9-5-20)15-14(13)18-16(26-15)19-17(22)21-6-10-25-11-7-21/h2-3H,4-11H2,1H3,(H,18,19,22). The quantitative estimate of drug-likeness (QED) is 0.863. The number of benzene rings is 1. The second-order valence-corrected chi connectivity index (χ2v) is 8.34. The van der Waals surface area contributed by atoms with Crippen LogP contribution in [0.3, 0.4) is 0 Å². The first-order valence-electron chi connectivity index (χ1n) is 8.70. The molecule has 0 unspecified atom stereocenters. The molecule has 3 heterocycles. The highest BCUT2D eigenvalue weighted by Crippen LogP contribution is 2.39. The monoisotopic (exact) mass is 394 g/mol. The van der Waals surface area contributed by atoms with Gasteiger partial charge in [-0.25, -0.2) is 9.78 Å². The van der Waals surface area contributed by atoms with Gasteiger partial charge in [-0.1, -0.05) is 11.3 Å². The lowest BCUT2D eigenvalue weighted by Crippen LogP contribution is -2.40. The van der Waals surface area contributed by atoms with E-state index in [0.717, 1.165) is 72.6 Å². The lowest BCUT2D eigenvalue weighted by molar-refractivity contribution is 0.123. The highest BCUT2D eigenvalue weighted by molar-refractivity contribution is 7.99. The number of morpholine rings is 1. The Labute approximate surface area is 160 Å². The maximum Gasteiger partial charge on any atom is 0.323 e. The summed E-state index contributed by atoms with van der Waals surface area (Å²) in [5.74, 6) is 2.70. The van der Waals surface area contributed by atoms with Gasteiger partial charge in [0.05, 0.1) is 30.7 Å². The number of nitrogens with one attached hydrogen (secondary N) is 1. The fourth-order valence-electron chi connectivity index (χ4n) is 3.18. The zero-order valence-corrected chi connectivity index (χ0v) is 16.3. The van der Waals surface area contributed by atoms with E-state index < -0.39 is 0 Å². The molecule has 0 atom stereocenters. The molecule has 2 saturated heterocycles. The number of hydrogen-bond donors (Lipinski definition) is 1. The van der Waals surface area contributed by atoms with Gasteiger partial charge in [-0.05, 0) is 12.1 Å². The summed E-state index contributed by atoms with van der Waals surface area (Å²) in [6.45, 7) is 4.72. The molecule has 7 nitrogen and oxygen atoms in total. The molecule has 9 heteroatoms. The predicted octanol–water partition coefficient (Wildman–Crippen LogP) is 2.72. The van der Waals surface area contributed by atoms with Crippen molar-refractivity contribution in [1.82, 2.24) is 9.88 Å². The summed E-state index contributed by atoms with van der Waals surface area (Å²) in [7, 11) is 1.65. The number of hydrogen-bond acceptors (Lipinski definition) is 7. The molecular formula is C17H22N4O3S2. The zero-order chi connectivity index (χ0) is 17.9. The van der Waals surface area contributed by atoms with Gasteiger partial charge in [0.2, 0.25) is 0 Å². The van der Waals surface area contributed by atoms with Crippen molar-refractivity contribution in [2.75, 3.05) is 68.2 Å². The van der Waals surface area contributed by atoms with Crippen LogP contribution >= 0.6 is 23.1 Å². The molecular weight excluding hydrogens is 372 g/mol. The van der Waals surface area contributed by atoms with Gasteiger partial charge in [-0.15, -0.1) is 0 Å². The maximum atomic E-state index is 12.5. The zero-order valence-electron chi connectivity index (χ0n) is 14.7. The van der Waals surface area contributed by atoms with Crippen molar-refractivity contribution in [2.45, 2.75) is 0 Å². The summed E-state index contributed by atoms with van der Waals surface area (Å²) >= 11 is 3.38. The third-order valence-corrected chi connectivity index (χ3v) is 6.51. The number of carbonyl (C=O) groups is 1. The van der Waals surface area contributed by atoms with E-state index in [1.165, 1.54) is 11.3 Å². The van der Waals surface area contributed by atoms with E-state index in [1.807, 2.05) is 22.7 Å². The van der Waals surface area contributed by atoms with E-state index in [-0.39, 0.29) is 6.03 Å². The third kappa shape index (κ3) is 3.56. The lowest BCUT2D eigenvalue weighted by Gasteiger charge is -2.29. The molecule has 0 saturated carbocycles. The van der Waals surface area contributed by atoms with Crippen molar-refractivity contribution in [3.63, 3.8) is 0 Å². The Kier molecular flexibility index (Phi) is 5.37. The summed E-state index contributed by atoms with van der Waals surface area (Å²) < 4.78 is 12.0. The average Bonchev–Trinajstić information content (AvgIpc) is 3.12. The number of methoxy groups -OCH3 is 1. The first-order chi connectivity index (χ1) is 12.8. The molecule has 26 heavy (non-hydrogen) atoms. The highest BCUT2D eigenvalue weighted by atomic mass is 32.2. The fourth-order valence-corrected chi connectivity index (χ4v) is 5.09. The molecule has 1 aromatic heterocycles. The topological polar surface area (TPSA) is 66.9 Å². The maximum absolute atomic E-state index is 12.5. The third-order valence-electron chi connectivity index (χ3n) is 4.57. The van der Waals surface area contributed by atoms with Crippen LogP contribution in [0.1, 0.15) is 0 Å². The van der Waals surface area contributed by atoms with Gasteiger partial charge in [0.15, 0.2) is 5.13 Å². The molecule has 2 aliphatic heterocycles. The number of anilines is 2. The van der Waals surface area contributed by atoms with Crippen molar-refractivity contribution in [3.8, 4) is 5.75 Å². The molecule has 4 rings (SSSR count). The Hall–Kier alpha value is -1.71. The van der Waals surface area contributed by atoms with E-state index in [0.29, 0.717) is 5.13 Å². The van der Waals surface area contributed by atoms with Crippen LogP contribution in [0.4, 0.5) is 15.6 Å². The molecule has 1 aromatic carbocycles. The smallest absolute Gasteiger partial charge is 0.323 e. The molecule has 2 amide bonds. The molecule has 0 spiro atoms. The molecule has 1 N–H and O–H groups in total. The highest BCUT2D eigenvalue weighted by Gasteiger charge is 2.22. The Bertz CT molecular complexity index is 786. The number of aromatic nitrogens is 1. The van der Waals surface area contributed by atoms with E-state index in [2.05, 4.69) is 21.3 Å². The van der Waals surface area contributed by atoms with E-state index in [9.17, 15) is 4.79 Å². The molecule has 2 fully saturated rings. The Morgan fingerprint density at radius 2 is 2.00 bits per heavy atom. The minimum absolute atomic E-state index is 0.0729. The summed E-state index contributed by atoms with van der Waals surface area (Å²) in [6, 6.07) is 3.94. The van der Waals surface area contributed by atoms with Crippen molar-refractivity contribution in [3.05, 3.63) is 12.1 Å². The molecule has 0 radical (unpaired) electrons. The van der Waals surface area contributed by atoms with Crippen LogP contribution in [-0.4, -0.2) is 73.9 Å². The second-order valence-electron chi connectivity index (χ2n) is 6.11. The van der Waals surface area contributed by atoms with Gasteiger partial charge in [0, 0.05) is 37.7 Å². The van der Waals surface area contributed by atoms with Crippen LogP contribution in [0.15, 0.2) is 12.1 Å². The number of urea groups is 1. The van der Waals surface area contributed by atoms with Gasteiger partial charge in [-0.3, -0.25) is 5.32 Å². The van der Waals surface area contributed by atoms with Crippen molar-refractivity contribution in [1.29, 1.82) is 0 Å². The van der Waals surface area contributed by atoms with Crippen LogP contribution in [0.5, 0.6) is 5.75 Å². The largest absolute Gasteiger partial charge is 0.494 e. The minimum atomic E-state index is -0.0729. The van der Waals surface area contributed by atoms with Gasteiger partial charge >= 0.3 is 6.03 Å². The van der Waals surface area contributed by atoms with E-state index >= 15 is 0 Å². The van der Waals surface area contributed by atoms with Crippen molar-refractivity contribution < 1.29 is 14.3 Å². The fraction of sp³-hybridized carbons (Fsp3) is 0.529. The number of thiazole rings is 1. The van der Waals surface area contributed by atoms with Crippen LogP contribution in [-0.2, 0) is 4.74 Å². The number of carbonyl (C=O) groups excluding carboxylic acids is 1. The Balaban J connectivity index is 1.62. The van der Waals surface area contributed by atoms with Crippen molar-refractivity contribution in [2.24, 2.45) is 0 Å². The van der Waals surface area contributed by atoms with Crippen molar-refractivity contribution >= 4 is 50.2 Å². The SMILES string of the molecule is COc1ccc(N2CCOCC2)c2sc(NC(=O)N3CCSCC3)nc12. The van der Waals surface area contributed by atoms with Gasteiger partial charge < -0.3 is 19.3 Å². The van der Waals surface area contributed by atoms with Crippen LogP contribution < -0.4 is 15.0 Å². The number of fused-ring (bicyclic) bond motifs is 1. The first-order valence-corrected chi connectivity index (χ1v) is 10.7. The average molecular weight is 395 g/mol. The molecule has 2 aromatic rings. The molecule has 0 bridgehead atoms. The predicted molar refractivity (Wildman–Crippen MR) is 107 cm³/mol. The lowest BCUT2D eigenvalue weighted by atomic mass is 10.2. The van der Waals surface area contributed by atoms with E-state index in [1.54, 1.807) is 7.11 Å². The van der Waals surface area contributed by atoms with Crippen LogP contribution in [0.25, 0.3) is 10.2 Å². The number of ether oxygens (including phenoxy) is 2. The summed E-state index contributed by atoms with van der Waals surface area (Å²) in [4.78, 5) is 21.3. The number of thioether (sulfide) groups is 1. The number of nitrogens with zero attached hydrogens (tertiary/aromatic N) is 3. The Morgan fingerprint density at radius 1 is 1.23 bits per heavy atom. The van der Waals surface area contributed by atoms with Gasteiger partial charge in [0.1, 0.15) is 11.3 Å². The normalized spacial score (nSPS) is 18.2. The van der Waals surface area contributed by atoms with Crippen LogP contribution in [0.2, 0.25) is 0 Å². The second kappa shape index (κ2) is 7.89. The molecule has 2 aliphatic rings. The number of rotatable bonds is 3. The van der Waals surface area contributed by atoms with Gasteiger partial charge in [-0.2, -0.15) is 11.8 Å². The molecule has 0 aliphatic carbocycles. The first kappa shape index (κ1) is 17.7. The molecule has 140 valence electrons. The van der Waals surface area contributed by atoms with Gasteiger partial charge in [0.25, 0.3) is 0 Å².